The Morgan fingerprint density at radius 2 is 1.62 bits per heavy atom. The monoisotopic (exact) mass is 358 g/mol. The topological polar surface area (TPSA) is 49.9 Å². The molecule has 5 nitrogen and oxygen atoms in total. The van der Waals surface area contributed by atoms with Crippen LogP contribution in [0, 0.1) is 5.41 Å². The fourth-order valence-corrected chi connectivity index (χ4v) is 6.97. The maximum absolute atomic E-state index is 13.2. The van der Waals surface area contributed by atoms with Crippen molar-refractivity contribution in [2.45, 2.75) is 89.3 Å². The van der Waals surface area contributed by atoms with E-state index in [1.165, 1.54) is 19.3 Å². The SMILES string of the molecule is CCO[C@@H]1C[C@@H](N(C)S(=O)(=O)N(C)C2CCCCC2)C12CCCC2. The third-order valence-electron chi connectivity index (χ3n) is 6.90. The minimum atomic E-state index is -3.39. The summed E-state index contributed by atoms with van der Waals surface area (Å²) in [6.45, 7) is 2.75. The molecule has 0 bridgehead atoms. The Morgan fingerprint density at radius 1 is 1.00 bits per heavy atom. The van der Waals surface area contributed by atoms with E-state index in [0.29, 0.717) is 0 Å². The van der Waals surface area contributed by atoms with Gasteiger partial charge in [-0.2, -0.15) is 17.0 Å². The van der Waals surface area contributed by atoms with Gasteiger partial charge in [-0.1, -0.05) is 32.1 Å². The van der Waals surface area contributed by atoms with E-state index in [9.17, 15) is 8.42 Å². The summed E-state index contributed by atoms with van der Waals surface area (Å²) in [5.41, 5.74) is 0.0607. The average molecular weight is 359 g/mol. The van der Waals surface area contributed by atoms with Gasteiger partial charge in [0.1, 0.15) is 0 Å². The molecule has 140 valence electrons. The van der Waals surface area contributed by atoms with E-state index in [2.05, 4.69) is 0 Å². The van der Waals surface area contributed by atoms with Crippen LogP contribution >= 0.6 is 0 Å². The second-order valence-electron chi connectivity index (χ2n) is 7.97. The van der Waals surface area contributed by atoms with Gasteiger partial charge in [0.05, 0.1) is 6.10 Å². The van der Waals surface area contributed by atoms with Gasteiger partial charge in [0.2, 0.25) is 0 Å². The third kappa shape index (κ3) is 3.04. The molecule has 0 N–H and O–H groups in total. The van der Waals surface area contributed by atoms with Crippen LogP contribution in [0.25, 0.3) is 0 Å². The van der Waals surface area contributed by atoms with E-state index >= 15 is 0 Å². The van der Waals surface area contributed by atoms with Gasteiger partial charge in [-0.3, -0.25) is 0 Å². The fraction of sp³-hybridized carbons (Fsp3) is 1.00. The first-order valence-corrected chi connectivity index (χ1v) is 11.2. The summed E-state index contributed by atoms with van der Waals surface area (Å²) in [5.74, 6) is 0. The lowest BCUT2D eigenvalue weighted by atomic mass is 9.60. The minimum Gasteiger partial charge on any atom is -0.378 e. The Hall–Kier alpha value is -0.170. The van der Waals surface area contributed by atoms with Crippen LogP contribution in [0.15, 0.2) is 0 Å². The molecule has 3 fully saturated rings. The molecule has 0 aromatic rings. The highest BCUT2D eigenvalue weighted by Gasteiger charge is 2.60. The molecule has 0 unspecified atom stereocenters. The maximum Gasteiger partial charge on any atom is 0.281 e. The van der Waals surface area contributed by atoms with Crippen LogP contribution in [0.5, 0.6) is 0 Å². The Labute approximate surface area is 147 Å². The van der Waals surface area contributed by atoms with E-state index in [4.69, 9.17) is 4.74 Å². The molecule has 0 amide bonds. The van der Waals surface area contributed by atoms with Gasteiger partial charge in [-0.05, 0) is 39.0 Å². The smallest absolute Gasteiger partial charge is 0.281 e. The molecule has 0 aromatic heterocycles. The van der Waals surface area contributed by atoms with Crippen molar-refractivity contribution in [3.8, 4) is 0 Å². The lowest BCUT2D eigenvalue weighted by Crippen LogP contribution is -2.65. The summed E-state index contributed by atoms with van der Waals surface area (Å²) in [5, 5.41) is 0. The molecule has 0 aliphatic heterocycles. The zero-order valence-corrected chi connectivity index (χ0v) is 16.4. The third-order valence-corrected chi connectivity index (χ3v) is 8.91. The second kappa shape index (κ2) is 7.22. The quantitative estimate of drug-likeness (QED) is 0.733. The Bertz CT molecular complexity index is 524. The second-order valence-corrected chi connectivity index (χ2v) is 10.0. The van der Waals surface area contributed by atoms with E-state index in [1.54, 1.807) is 22.7 Å². The van der Waals surface area contributed by atoms with E-state index in [0.717, 1.165) is 51.6 Å². The number of hydrogen-bond donors (Lipinski definition) is 0. The van der Waals surface area contributed by atoms with Crippen LogP contribution in [0.3, 0.4) is 0 Å². The molecule has 0 saturated heterocycles. The minimum absolute atomic E-state index is 0.0607. The van der Waals surface area contributed by atoms with Gasteiger partial charge in [-0.25, -0.2) is 0 Å². The highest BCUT2D eigenvalue weighted by Crippen LogP contribution is 2.57. The van der Waals surface area contributed by atoms with E-state index < -0.39 is 10.2 Å². The predicted octanol–water partition coefficient (Wildman–Crippen LogP) is 3.17. The molecule has 3 rings (SSSR count). The van der Waals surface area contributed by atoms with Crippen LogP contribution in [0.1, 0.15) is 71.1 Å². The van der Waals surface area contributed by atoms with Crippen LogP contribution in [-0.2, 0) is 14.9 Å². The van der Waals surface area contributed by atoms with Gasteiger partial charge >= 0.3 is 0 Å². The molecule has 6 heteroatoms. The number of hydrogen-bond acceptors (Lipinski definition) is 3. The summed E-state index contributed by atoms with van der Waals surface area (Å²) in [6, 6.07) is 0.279. The van der Waals surface area contributed by atoms with Gasteiger partial charge in [-0.15, -0.1) is 0 Å². The lowest BCUT2D eigenvalue weighted by Gasteiger charge is -2.56. The summed E-state index contributed by atoms with van der Waals surface area (Å²) in [6.07, 6.45) is 11.2. The van der Waals surface area contributed by atoms with Crippen molar-refractivity contribution in [3.05, 3.63) is 0 Å². The Kier molecular flexibility index (Phi) is 5.60. The van der Waals surface area contributed by atoms with Crippen molar-refractivity contribution in [1.82, 2.24) is 8.61 Å². The molecular formula is C18H34N2O3S. The molecular weight excluding hydrogens is 324 g/mol. The molecule has 0 aromatic carbocycles. The molecule has 24 heavy (non-hydrogen) atoms. The van der Waals surface area contributed by atoms with Gasteiger partial charge in [0, 0.05) is 38.2 Å². The zero-order chi connectivity index (χ0) is 17.4. The van der Waals surface area contributed by atoms with Crippen LogP contribution < -0.4 is 0 Å². The summed E-state index contributed by atoms with van der Waals surface area (Å²) < 4.78 is 35.6. The number of ether oxygens (including phenoxy) is 1. The molecule has 3 aliphatic rings. The molecule has 0 radical (unpaired) electrons. The zero-order valence-electron chi connectivity index (χ0n) is 15.5. The summed E-state index contributed by atoms with van der Waals surface area (Å²) >= 11 is 0. The lowest BCUT2D eigenvalue weighted by molar-refractivity contribution is -0.146. The first kappa shape index (κ1) is 18.6. The van der Waals surface area contributed by atoms with E-state index in [-0.39, 0.29) is 23.6 Å². The van der Waals surface area contributed by atoms with Crippen molar-refractivity contribution >= 4 is 10.2 Å². The maximum atomic E-state index is 13.2. The van der Waals surface area contributed by atoms with Crippen molar-refractivity contribution in [2.24, 2.45) is 5.41 Å². The van der Waals surface area contributed by atoms with Crippen molar-refractivity contribution in [2.75, 3.05) is 20.7 Å². The van der Waals surface area contributed by atoms with Crippen molar-refractivity contribution < 1.29 is 13.2 Å². The highest BCUT2D eigenvalue weighted by molar-refractivity contribution is 7.86. The molecule has 0 heterocycles. The first-order valence-electron chi connectivity index (χ1n) is 9.76. The van der Waals surface area contributed by atoms with E-state index in [1.807, 2.05) is 6.92 Å². The standard InChI is InChI=1S/C18H34N2O3S/c1-4-23-17-14-16(18(17)12-8-9-13-18)20(3)24(21,22)19(2)15-10-6-5-7-11-15/h15-17H,4-14H2,1-3H3/t16-,17-/m1/s1. The van der Waals surface area contributed by atoms with Crippen LogP contribution in [-0.4, -0.2) is 55.9 Å². The molecule has 3 saturated carbocycles. The van der Waals surface area contributed by atoms with Crippen LogP contribution in [0.2, 0.25) is 0 Å². The average Bonchev–Trinajstić information content (AvgIpc) is 3.10. The molecule has 3 aliphatic carbocycles. The highest BCUT2D eigenvalue weighted by atomic mass is 32.2. The van der Waals surface area contributed by atoms with Gasteiger partial charge in [0.25, 0.3) is 10.2 Å². The van der Waals surface area contributed by atoms with Gasteiger partial charge < -0.3 is 4.74 Å². The Balaban J connectivity index is 1.73. The number of nitrogens with zero attached hydrogens (tertiary/aromatic N) is 2. The molecule has 1 spiro atoms. The summed E-state index contributed by atoms with van der Waals surface area (Å²) in [4.78, 5) is 0. The number of rotatable bonds is 6. The Morgan fingerprint density at radius 3 is 2.21 bits per heavy atom. The fourth-order valence-electron chi connectivity index (χ4n) is 5.36. The van der Waals surface area contributed by atoms with Crippen molar-refractivity contribution in [3.63, 3.8) is 0 Å². The van der Waals surface area contributed by atoms with Gasteiger partial charge in [0.15, 0.2) is 0 Å². The van der Waals surface area contributed by atoms with Crippen molar-refractivity contribution in [1.29, 1.82) is 0 Å². The summed E-state index contributed by atoms with van der Waals surface area (Å²) in [7, 11) is 0.183. The molecule has 2 atom stereocenters. The largest absolute Gasteiger partial charge is 0.378 e. The van der Waals surface area contributed by atoms with Crippen LogP contribution in [0.4, 0.5) is 0 Å². The first-order chi connectivity index (χ1) is 11.4. The predicted molar refractivity (Wildman–Crippen MR) is 96.0 cm³/mol. The normalized spacial score (nSPS) is 31.0.